The molecule has 0 aliphatic rings. The van der Waals surface area contributed by atoms with Gasteiger partial charge < -0.3 is 4.74 Å². The SMILES string of the molecule is COCc1ncc2sc(C)cn12. The number of ether oxygens (including phenoxy) is 1. The van der Waals surface area contributed by atoms with E-state index < -0.39 is 0 Å². The second-order valence-corrected chi connectivity index (χ2v) is 3.92. The largest absolute Gasteiger partial charge is 0.377 e. The minimum atomic E-state index is 0.574. The molecule has 0 unspecified atom stereocenters. The average Bonchev–Trinajstić information content (AvgIpc) is 2.52. The normalized spacial score (nSPS) is 11.2. The van der Waals surface area contributed by atoms with Gasteiger partial charge in [0.2, 0.25) is 0 Å². The molecule has 0 spiro atoms. The topological polar surface area (TPSA) is 26.5 Å². The van der Waals surface area contributed by atoms with E-state index in [0.29, 0.717) is 6.61 Å². The zero-order valence-corrected chi connectivity index (χ0v) is 7.89. The lowest BCUT2D eigenvalue weighted by Gasteiger charge is -1.94. The average molecular weight is 182 g/mol. The number of hydrogen-bond acceptors (Lipinski definition) is 3. The van der Waals surface area contributed by atoms with Gasteiger partial charge in [0.1, 0.15) is 17.3 Å². The molecule has 0 saturated carbocycles. The van der Waals surface area contributed by atoms with Gasteiger partial charge in [-0.3, -0.25) is 4.40 Å². The summed E-state index contributed by atoms with van der Waals surface area (Å²) in [5.74, 6) is 0.969. The predicted octanol–water partition coefficient (Wildman–Crippen LogP) is 1.85. The Balaban J connectivity index is 2.53. The highest BCUT2D eigenvalue weighted by atomic mass is 32.1. The Kier molecular flexibility index (Phi) is 1.86. The maximum absolute atomic E-state index is 5.02. The summed E-state index contributed by atoms with van der Waals surface area (Å²) < 4.78 is 7.10. The first-order valence-electron chi connectivity index (χ1n) is 3.72. The second kappa shape index (κ2) is 2.88. The van der Waals surface area contributed by atoms with Crippen LogP contribution < -0.4 is 0 Å². The molecule has 2 heterocycles. The van der Waals surface area contributed by atoms with E-state index in [1.807, 2.05) is 6.20 Å². The summed E-state index contributed by atoms with van der Waals surface area (Å²) in [5.41, 5.74) is 0. The molecule has 0 radical (unpaired) electrons. The van der Waals surface area contributed by atoms with Crippen LogP contribution in [0.3, 0.4) is 0 Å². The van der Waals surface area contributed by atoms with Crippen LogP contribution in [-0.4, -0.2) is 16.5 Å². The smallest absolute Gasteiger partial charge is 0.140 e. The predicted molar refractivity (Wildman–Crippen MR) is 48.5 cm³/mol. The van der Waals surface area contributed by atoms with E-state index >= 15 is 0 Å². The van der Waals surface area contributed by atoms with E-state index in [1.54, 1.807) is 18.4 Å². The maximum atomic E-state index is 5.02. The van der Waals surface area contributed by atoms with Crippen LogP contribution in [-0.2, 0) is 11.3 Å². The van der Waals surface area contributed by atoms with Crippen LogP contribution in [0, 0.1) is 6.92 Å². The van der Waals surface area contributed by atoms with Crippen molar-refractivity contribution < 1.29 is 4.74 Å². The van der Waals surface area contributed by atoms with Crippen molar-refractivity contribution in [1.82, 2.24) is 9.38 Å². The van der Waals surface area contributed by atoms with E-state index in [-0.39, 0.29) is 0 Å². The molecular weight excluding hydrogens is 172 g/mol. The highest BCUT2D eigenvalue weighted by Crippen LogP contribution is 2.18. The molecule has 2 aromatic heterocycles. The highest BCUT2D eigenvalue weighted by molar-refractivity contribution is 7.17. The molecule has 0 aliphatic carbocycles. The maximum Gasteiger partial charge on any atom is 0.140 e. The van der Waals surface area contributed by atoms with Crippen LogP contribution in [0.2, 0.25) is 0 Å². The standard InChI is InChI=1S/C8H10N2OS/c1-6-4-10-7(5-11-2)9-3-8(10)12-6/h3-4H,5H2,1-2H3. The van der Waals surface area contributed by atoms with Crippen molar-refractivity contribution in [2.45, 2.75) is 13.5 Å². The molecular formula is C8H10N2OS. The van der Waals surface area contributed by atoms with Gasteiger partial charge in [-0.15, -0.1) is 11.3 Å². The third kappa shape index (κ3) is 1.13. The Morgan fingerprint density at radius 1 is 1.67 bits per heavy atom. The van der Waals surface area contributed by atoms with Crippen molar-refractivity contribution in [2.75, 3.05) is 7.11 Å². The first-order chi connectivity index (χ1) is 5.81. The zero-order chi connectivity index (χ0) is 8.55. The number of fused-ring (bicyclic) bond motifs is 1. The summed E-state index contributed by atoms with van der Waals surface area (Å²) in [6, 6.07) is 0. The number of thiazole rings is 1. The minimum absolute atomic E-state index is 0.574. The van der Waals surface area contributed by atoms with Crippen molar-refractivity contribution in [2.24, 2.45) is 0 Å². The fourth-order valence-electron chi connectivity index (χ4n) is 1.20. The molecule has 0 atom stereocenters. The molecule has 0 amide bonds. The van der Waals surface area contributed by atoms with Gasteiger partial charge in [0.05, 0.1) is 6.20 Å². The van der Waals surface area contributed by atoms with Crippen molar-refractivity contribution in [3.8, 4) is 0 Å². The van der Waals surface area contributed by atoms with Crippen molar-refractivity contribution in [3.63, 3.8) is 0 Å². The molecule has 0 saturated heterocycles. The van der Waals surface area contributed by atoms with Gasteiger partial charge in [0.15, 0.2) is 0 Å². The lowest BCUT2D eigenvalue weighted by atomic mass is 10.6. The number of aromatic nitrogens is 2. The van der Waals surface area contributed by atoms with Crippen LogP contribution in [0.1, 0.15) is 10.7 Å². The van der Waals surface area contributed by atoms with Crippen LogP contribution in [0.25, 0.3) is 4.83 Å². The number of aryl methyl sites for hydroxylation is 1. The van der Waals surface area contributed by atoms with E-state index in [9.17, 15) is 0 Å². The Labute approximate surface area is 74.6 Å². The molecule has 12 heavy (non-hydrogen) atoms. The van der Waals surface area contributed by atoms with Crippen molar-refractivity contribution in [3.05, 3.63) is 23.1 Å². The van der Waals surface area contributed by atoms with Crippen molar-refractivity contribution in [1.29, 1.82) is 0 Å². The van der Waals surface area contributed by atoms with Crippen LogP contribution >= 0.6 is 11.3 Å². The fourth-order valence-corrected chi connectivity index (χ4v) is 2.05. The molecule has 0 bridgehead atoms. The molecule has 2 aromatic rings. The van der Waals surface area contributed by atoms with E-state index in [0.717, 1.165) is 5.82 Å². The lowest BCUT2D eigenvalue weighted by Crippen LogP contribution is -1.93. The second-order valence-electron chi connectivity index (χ2n) is 2.66. The molecule has 2 rings (SSSR count). The molecule has 3 nitrogen and oxygen atoms in total. The molecule has 0 N–H and O–H groups in total. The zero-order valence-electron chi connectivity index (χ0n) is 7.07. The quantitative estimate of drug-likeness (QED) is 0.708. The van der Waals surface area contributed by atoms with Crippen LogP contribution in [0.15, 0.2) is 12.4 Å². The first-order valence-corrected chi connectivity index (χ1v) is 4.54. The van der Waals surface area contributed by atoms with Gasteiger partial charge in [-0.05, 0) is 6.92 Å². The number of methoxy groups -OCH3 is 1. The van der Waals surface area contributed by atoms with Gasteiger partial charge in [0, 0.05) is 18.2 Å². The van der Waals surface area contributed by atoms with E-state index in [2.05, 4.69) is 22.5 Å². The summed E-state index contributed by atoms with van der Waals surface area (Å²) in [5, 5.41) is 0. The summed E-state index contributed by atoms with van der Waals surface area (Å²) >= 11 is 1.74. The monoisotopic (exact) mass is 182 g/mol. The number of hydrogen-bond donors (Lipinski definition) is 0. The molecule has 0 aliphatic heterocycles. The van der Waals surface area contributed by atoms with Gasteiger partial charge >= 0.3 is 0 Å². The molecule has 0 fully saturated rings. The van der Waals surface area contributed by atoms with Gasteiger partial charge in [-0.25, -0.2) is 4.98 Å². The fraction of sp³-hybridized carbons (Fsp3) is 0.375. The molecule has 64 valence electrons. The third-order valence-electron chi connectivity index (χ3n) is 1.69. The van der Waals surface area contributed by atoms with Crippen molar-refractivity contribution >= 4 is 16.2 Å². The van der Waals surface area contributed by atoms with Crippen LogP contribution in [0.5, 0.6) is 0 Å². The number of rotatable bonds is 2. The number of imidazole rings is 1. The van der Waals surface area contributed by atoms with Gasteiger partial charge in [0.25, 0.3) is 0 Å². The Bertz CT molecular complexity index is 391. The van der Waals surface area contributed by atoms with E-state index in [1.165, 1.54) is 9.71 Å². The minimum Gasteiger partial charge on any atom is -0.377 e. The third-order valence-corrected chi connectivity index (χ3v) is 2.63. The highest BCUT2D eigenvalue weighted by Gasteiger charge is 2.04. The lowest BCUT2D eigenvalue weighted by molar-refractivity contribution is 0.177. The number of nitrogens with zero attached hydrogens (tertiary/aromatic N) is 2. The first kappa shape index (κ1) is 7.76. The van der Waals surface area contributed by atoms with E-state index in [4.69, 9.17) is 4.74 Å². The Morgan fingerprint density at radius 3 is 3.25 bits per heavy atom. The molecule has 4 heteroatoms. The Hall–Kier alpha value is -0.870. The summed E-state index contributed by atoms with van der Waals surface area (Å²) in [7, 11) is 1.68. The Morgan fingerprint density at radius 2 is 2.50 bits per heavy atom. The summed E-state index contributed by atoms with van der Waals surface area (Å²) in [6.45, 7) is 2.67. The summed E-state index contributed by atoms with van der Waals surface area (Å²) in [6.07, 6.45) is 3.97. The summed E-state index contributed by atoms with van der Waals surface area (Å²) in [4.78, 5) is 6.71. The molecule has 0 aromatic carbocycles. The van der Waals surface area contributed by atoms with Gasteiger partial charge in [-0.2, -0.15) is 0 Å². The van der Waals surface area contributed by atoms with Gasteiger partial charge in [-0.1, -0.05) is 0 Å². The van der Waals surface area contributed by atoms with Crippen LogP contribution in [0.4, 0.5) is 0 Å².